The van der Waals surface area contributed by atoms with Gasteiger partial charge in [-0.05, 0) is 64.6 Å². The van der Waals surface area contributed by atoms with Gasteiger partial charge >= 0.3 is 7.12 Å². The van der Waals surface area contributed by atoms with Crippen molar-refractivity contribution < 1.29 is 9.31 Å². The van der Waals surface area contributed by atoms with Crippen LogP contribution in [0.25, 0.3) is 0 Å². The first-order chi connectivity index (χ1) is 9.30. The second kappa shape index (κ2) is 6.09. The molecule has 0 aromatic heterocycles. The van der Waals surface area contributed by atoms with Crippen LogP contribution < -0.4 is 0 Å². The minimum absolute atomic E-state index is 0.0646. The molecule has 1 saturated heterocycles. The highest BCUT2D eigenvalue weighted by atomic mass is 35.5. The van der Waals surface area contributed by atoms with Gasteiger partial charge in [0.1, 0.15) is 0 Å². The highest BCUT2D eigenvalue weighted by Gasteiger charge is 2.50. The summed E-state index contributed by atoms with van der Waals surface area (Å²) in [5.74, 6) is 0. The van der Waals surface area contributed by atoms with Crippen molar-refractivity contribution >= 4 is 18.7 Å². The van der Waals surface area contributed by atoms with E-state index in [0.717, 1.165) is 30.6 Å². The van der Waals surface area contributed by atoms with Crippen LogP contribution in [0.1, 0.15) is 46.1 Å². The van der Waals surface area contributed by atoms with Crippen molar-refractivity contribution in [3.8, 4) is 0 Å². The molecule has 1 aliphatic heterocycles. The Morgan fingerprint density at radius 3 is 2.05 bits per heavy atom. The van der Waals surface area contributed by atoms with Crippen LogP contribution in [0.5, 0.6) is 0 Å². The van der Waals surface area contributed by atoms with E-state index in [-0.39, 0.29) is 18.3 Å². The molecule has 1 aliphatic rings. The minimum Gasteiger partial charge on any atom is -0.403 e. The first-order valence-corrected chi connectivity index (χ1v) is 7.78. The Hall–Kier alpha value is -0.505. The molecule has 2 rings (SSSR count). The van der Waals surface area contributed by atoms with Crippen molar-refractivity contribution in [2.24, 2.45) is 0 Å². The van der Waals surface area contributed by atoms with Gasteiger partial charge < -0.3 is 9.31 Å². The van der Waals surface area contributed by atoms with E-state index < -0.39 is 0 Å². The summed E-state index contributed by atoms with van der Waals surface area (Å²) in [6.07, 6.45) is 4.29. The van der Waals surface area contributed by atoms with E-state index in [1.165, 1.54) is 5.56 Å². The summed E-state index contributed by atoms with van der Waals surface area (Å²) >= 11 is 5.88. The molecule has 0 unspecified atom stereocenters. The molecule has 2 nitrogen and oxygen atoms in total. The average Bonchev–Trinajstić information content (AvgIpc) is 2.56. The zero-order chi connectivity index (χ0) is 14.8. The van der Waals surface area contributed by atoms with Crippen LogP contribution >= 0.6 is 11.6 Å². The normalized spacial score (nSPS) is 20.4. The number of benzene rings is 1. The SMILES string of the molecule is CC1(C)OB(CCCCc2ccc(Cl)cc2)OC1(C)C. The van der Waals surface area contributed by atoms with Gasteiger partial charge in [0, 0.05) is 5.02 Å². The van der Waals surface area contributed by atoms with Crippen LogP contribution in [0.15, 0.2) is 24.3 Å². The zero-order valence-electron chi connectivity index (χ0n) is 12.9. The summed E-state index contributed by atoms with van der Waals surface area (Å²) in [6, 6.07) is 8.09. The Balaban J connectivity index is 1.71. The van der Waals surface area contributed by atoms with Gasteiger partial charge in [-0.3, -0.25) is 0 Å². The van der Waals surface area contributed by atoms with Crippen molar-refractivity contribution in [1.82, 2.24) is 0 Å². The highest BCUT2D eigenvalue weighted by molar-refractivity contribution is 6.45. The second-order valence-electron chi connectivity index (χ2n) is 6.56. The van der Waals surface area contributed by atoms with Gasteiger partial charge in [0.05, 0.1) is 11.2 Å². The number of hydrogen-bond donors (Lipinski definition) is 0. The molecule has 0 N–H and O–H groups in total. The molecular weight excluding hydrogens is 270 g/mol. The summed E-state index contributed by atoms with van der Waals surface area (Å²) in [5.41, 5.74) is 0.908. The predicted octanol–water partition coefficient (Wildman–Crippen LogP) is 4.75. The van der Waals surface area contributed by atoms with Crippen LogP contribution in [-0.4, -0.2) is 18.3 Å². The maximum atomic E-state index is 5.99. The Labute approximate surface area is 127 Å². The van der Waals surface area contributed by atoms with Crippen molar-refractivity contribution in [3.63, 3.8) is 0 Å². The van der Waals surface area contributed by atoms with Crippen molar-refractivity contribution in [3.05, 3.63) is 34.9 Å². The highest BCUT2D eigenvalue weighted by Crippen LogP contribution is 2.38. The van der Waals surface area contributed by atoms with E-state index in [0.29, 0.717) is 0 Å². The van der Waals surface area contributed by atoms with Gasteiger partial charge in [-0.25, -0.2) is 0 Å². The zero-order valence-corrected chi connectivity index (χ0v) is 13.7. The van der Waals surface area contributed by atoms with Crippen LogP contribution in [0.3, 0.4) is 0 Å². The van der Waals surface area contributed by atoms with Crippen LogP contribution in [0.2, 0.25) is 11.3 Å². The molecule has 0 bridgehead atoms. The Bertz CT molecular complexity index is 426. The van der Waals surface area contributed by atoms with Crippen molar-refractivity contribution in [2.75, 3.05) is 0 Å². The number of hydrogen-bond acceptors (Lipinski definition) is 2. The first kappa shape index (κ1) is 15.9. The predicted molar refractivity (Wildman–Crippen MR) is 85.3 cm³/mol. The van der Waals surface area contributed by atoms with Gasteiger partial charge in [-0.2, -0.15) is 0 Å². The molecule has 0 saturated carbocycles. The summed E-state index contributed by atoms with van der Waals surface area (Å²) in [7, 11) is -0.0646. The molecule has 1 aromatic carbocycles. The lowest BCUT2D eigenvalue weighted by molar-refractivity contribution is 0.00578. The monoisotopic (exact) mass is 294 g/mol. The van der Waals surface area contributed by atoms with Gasteiger partial charge in [-0.1, -0.05) is 30.2 Å². The molecule has 0 amide bonds. The lowest BCUT2D eigenvalue weighted by Crippen LogP contribution is -2.41. The smallest absolute Gasteiger partial charge is 0.403 e. The Kier molecular flexibility index (Phi) is 4.83. The summed E-state index contributed by atoms with van der Waals surface area (Å²) in [5, 5.41) is 0.797. The molecule has 4 heteroatoms. The van der Waals surface area contributed by atoms with Crippen molar-refractivity contribution in [2.45, 2.75) is 64.5 Å². The average molecular weight is 295 g/mol. The molecule has 0 atom stereocenters. The van der Waals surface area contributed by atoms with E-state index in [4.69, 9.17) is 20.9 Å². The maximum absolute atomic E-state index is 5.99. The van der Waals surface area contributed by atoms with Crippen LogP contribution in [0.4, 0.5) is 0 Å². The third kappa shape index (κ3) is 3.78. The van der Waals surface area contributed by atoms with Gasteiger partial charge in [0.25, 0.3) is 0 Å². The molecule has 0 radical (unpaired) electrons. The lowest BCUT2D eigenvalue weighted by Gasteiger charge is -2.32. The van der Waals surface area contributed by atoms with E-state index in [1.54, 1.807) is 0 Å². The van der Waals surface area contributed by atoms with E-state index in [9.17, 15) is 0 Å². The third-order valence-corrected chi connectivity index (χ3v) is 4.62. The molecular formula is C16H24BClO2. The number of aryl methyl sites for hydroxylation is 1. The van der Waals surface area contributed by atoms with E-state index in [1.807, 2.05) is 12.1 Å². The lowest BCUT2D eigenvalue weighted by atomic mass is 9.82. The van der Waals surface area contributed by atoms with Gasteiger partial charge in [0.2, 0.25) is 0 Å². The second-order valence-corrected chi connectivity index (χ2v) is 6.99. The third-order valence-electron chi connectivity index (χ3n) is 4.37. The summed E-state index contributed by atoms with van der Waals surface area (Å²) in [6.45, 7) is 8.39. The molecule has 1 heterocycles. The molecule has 110 valence electrons. The number of unbranched alkanes of at least 4 members (excludes halogenated alkanes) is 1. The number of halogens is 1. The van der Waals surface area contributed by atoms with E-state index >= 15 is 0 Å². The van der Waals surface area contributed by atoms with Gasteiger partial charge in [0.15, 0.2) is 0 Å². The molecule has 20 heavy (non-hydrogen) atoms. The van der Waals surface area contributed by atoms with Crippen LogP contribution in [-0.2, 0) is 15.7 Å². The van der Waals surface area contributed by atoms with Gasteiger partial charge in [-0.15, -0.1) is 0 Å². The fourth-order valence-electron chi connectivity index (χ4n) is 2.37. The Morgan fingerprint density at radius 1 is 0.950 bits per heavy atom. The Morgan fingerprint density at radius 2 is 1.50 bits per heavy atom. The topological polar surface area (TPSA) is 18.5 Å². The largest absolute Gasteiger partial charge is 0.457 e. The standard InChI is InChI=1S/C16H24BClO2/c1-15(2)16(3,4)20-17(19-15)12-6-5-7-13-8-10-14(18)11-9-13/h8-11H,5-7,12H2,1-4H3. The fourth-order valence-corrected chi connectivity index (χ4v) is 2.50. The maximum Gasteiger partial charge on any atom is 0.457 e. The molecule has 0 spiro atoms. The van der Waals surface area contributed by atoms with Crippen molar-refractivity contribution in [1.29, 1.82) is 0 Å². The fraction of sp³-hybridized carbons (Fsp3) is 0.625. The summed E-state index contributed by atoms with van der Waals surface area (Å²) in [4.78, 5) is 0. The molecule has 0 aliphatic carbocycles. The number of rotatable bonds is 5. The van der Waals surface area contributed by atoms with Crippen LogP contribution in [0, 0.1) is 0 Å². The first-order valence-electron chi connectivity index (χ1n) is 7.40. The quantitative estimate of drug-likeness (QED) is 0.576. The van der Waals surface area contributed by atoms with E-state index in [2.05, 4.69) is 39.8 Å². The molecule has 1 fully saturated rings. The summed E-state index contributed by atoms with van der Waals surface area (Å²) < 4.78 is 12.0. The molecule has 1 aromatic rings. The minimum atomic E-state index is -0.214.